The second-order valence-corrected chi connectivity index (χ2v) is 6.63. The molecule has 1 aromatic carbocycles. The molecule has 1 aliphatic heterocycles. The molecule has 0 radical (unpaired) electrons. The molecule has 0 saturated carbocycles. The first kappa shape index (κ1) is 16.0. The van der Waals surface area contributed by atoms with E-state index >= 15 is 0 Å². The van der Waals surface area contributed by atoms with Crippen LogP contribution in [-0.4, -0.2) is 18.5 Å². The SMILES string of the molecule is CC(C)Cc1ccc(C(C)NC(=O)CC2CCCN2)cc1. The van der Waals surface area contributed by atoms with Gasteiger partial charge in [-0.3, -0.25) is 4.79 Å². The van der Waals surface area contributed by atoms with Gasteiger partial charge in [-0.1, -0.05) is 38.1 Å². The maximum Gasteiger partial charge on any atom is 0.222 e. The Morgan fingerprint density at radius 1 is 1.29 bits per heavy atom. The first-order valence-electron chi connectivity index (χ1n) is 8.16. The first-order chi connectivity index (χ1) is 10.0. The molecular weight excluding hydrogens is 260 g/mol. The summed E-state index contributed by atoms with van der Waals surface area (Å²) in [6.07, 6.45) is 4.00. The molecule has 3 nitrogen and oxygen atoms in total. The van der Waals surface area contributed by atoms with Crippen LogP contribution in [0.5, 0.6) is 0 Å². The van der Waals surface area contributed by atoms with Gasteiger partial charge in [-0.25, -0.2) is 0 Å². The van der Waals surface area contributed by atoms with E-state index in [0.717, 1.165) is 19.4 Å². The molecule has 3 heteroatoms. The third kappa shape index (κ3) is 5.16. The minimum atomic E-state index is 0.0759. The second kappa shape index (κ2) is 7.60. The summed E-state index contributed by atoms with van der Waals surface area (Å²) in [5.74, 6) is 0.819. The summed E-state index contributed by atoms with van der Waals surface area (Å²) in [4.78, 5) is 12.0. The van der Waals surface area contributed by atoms with Crippen molar-refractivity contribution in [2.75, 3.05) is 6.54 Å². The fourth-order valence-corrected chi connectivity index (χ4v) is 2.95. The third-order valence-electron chi connectivity index (χ3n) is 4.10. The minimum absolute atomic E-state index is 0.0759. The van der Waals surface area contributed by atoms with Crippen LogP contribution >= 0.6 is 0 Å². The van der Waals surface area contributed by atoms with E-state index < -0.39 is 0 Å². The van der Waals surface area contributed by atoms with Crippen LogP contribution < -0.4 is 10.6 Å². The Labute approximate surface area is 128 Å². The number of hydrogen-bond acceptors (Lipinski definition) is 2. The van der Waals surface area contributed by atoms with E-state index in [1.165, 1.54) is 17.5 Å². The Hall–Kier alpha value is -1.35. The summed E-state index contributed by atoms with van der Waals surface area (Å²) >= 11 is 0. The minimum Gasteiger partial charge on any atom is -0.350 e. The molecule has 116 valence electrons. The largest absolute Gasteiger partial charge is 0.350 e. The van der Waals surface area contributed by atoms with Crippen LogP contribution in [0.3, 0.4) is 0 Å². The van der Waals surface area contributed by atoms with Crippen molar-refractivity contribution in [3.8, 4) is 0 Å². The first-order valence-corrected chi connectivity index (χ1v) is 8.16. The highest BCUT2D eigenvalue weighted by atomic mass is 16.1. The van der Waals surface area contributed by atoms with Crippen molar-refractivity contribution >= 4 is 5.91 Å². The van der Waals surface area contributed by atoms with Crippen molar-refractivity contribution in [3.05, 3.63) is 35.4 Å². The summed E-state index contributed by atoms with van der Waals surface area (Å²) in [6.45, 7) is 7.56. The summed E-state index contributed by atoms with van der Waals surface area (Å²) < 4.78 is 0. The van der Waals surface area contributed by atoms with Crippen molar-refractivity contribution in [3.63, 3.8) is 0 Å². The van der Waals surface area contributed by atoms with Crippen LogP contribution in [0.25, 0.3) is 0 Å². The van der Waals surface area contributed by atoms with Gasteiger partial charge >= 0.3 is 0 Å². The van der Waals surface area contributed by atoms with Gasteiger partial charge in [-0.2, -0.15) is 0 Å². The molecule has 1 aromatic rings. The van der Waals surface area contributed by atoms with Crippen molar-refractivity contribution in [1.82, 2.24) is 10.6 Å². The predicted molar refractivity (Wildman–Crippen MR) is 87.2 cm³/mol. The van der Waals surface area contributed by atoms with Crippen molar-refractivity contribution in [1.29, 1.82) is 0 Å². The normalized spacial score (nSPS) is 19.7. The molecular formula is C18H28N2O. The van der Waals surface area contributed by atoms with Crippen molar-refractivity contribution < 1.29 is 4.79 Å². The molecule has 2 unspecified atom stereocenters. The van der Waals surface area contributed by atoms with Crippen LogP contribution in [-0.2, 0) is 11.2 Å². The van der Waals surface area contributed by atoms with Gasteiger partial charge in [-0.15, -0.1) is 0 Å². The molecule has 0 bridgehead atoms. The molecule has 0 spiro atoms. The maximum atomic E-state index is 12.0. The van der Waals surface area contributed by atoms with Gasteiger partial charge in [0.2, 0.25) is 5.91 Å². The Bertz CT molecular complexity index is 447. The zero-order valence-corrected chi connectivity index (χ0v) is 13.5. The van der Waals surface area contributed by atoms with E-state index in [-0.39, 0.29) is 11.9 Å². The molecule has 2 N–H and O–H groups in total. The number of carbonyl (C=O) groups is 1. The fourth-order valence-electron chi connectivity index (χ4n) is 2.95. The molecule has 1 amide bonds. The molecule has 1 heterocycles. The Balaban J connectivity index is 1.84. The number of rotatable bonds is 6. The van der Waals surface area contributed by atoms with E-state index in [2.05, 4.69) is 55.7 Å². The standard InChI is InChI=1S/C18H28N2O/c1-13(2)11-15-6-8-16(9-7-15)14(3)20-18(21)12-17-5-4-10-19-17/h6-9,13-14,17,19H,4-5,10-12H2,1-3H3,(H,20,21). The van der Waals surface area contributed by atoms with E-state index in [1.807, 2.05) is 0 Å². The second-order valence-electron chi connectivity index (χ2n) is 6.63. The van der Waals surface area contributed by atoms with Gasteiger partial charge in [0.1, 0.15) is 0 Å². The molecule has 2 atom stereocenters. The van der Waals surface area contributed by atoms with Crippen LogP contribution in [0.2, 0.25) is 0 Å². The lowest BCUT2D eigenvalue weighted by molar-refractivity contribution is -0.122. The van der Waals surface area contributed by atoms with Crippen LogP contribution in [0.1, 0.15) is 57.2 Å². The number of carbonyl (C=O) groups excluding carboxylic acids is 1. The average molecular weight is 288 g/mol. The lowest BCUT2D eigenvalue weighted by atomic mass is 10.00. The van der Waals surface area contributed by atoms with Gasteiger partial charge in [0.05, 0.1) is 6.04 Å². The molecule has 1 aliphatic rings. The smallest absolute Gasteiger partial charge is 0.222 e. The summed E-state index contributed by atoms with van der Waals surface area (Å²) in [6, 6.07) is 9.07. The number of amides is 1. The monoisotopic (exact) mass is 288 g/mol. The highest BCUT2D eigenvalue weighted by molar-refractivity contribution is 5.77. The van der Waals surface area contributed by atoms with E-state index in [4.69, 9.17) is 0 Å². The third-order valence-corrected chi connectivity index (χ3v) is 4.10. The maximum absolute atomic E-state index is 12.0. The topological polar surface area (TPSA) is 41.1 Å². The van der Waals surface area contributed by atoms with Gasteiger partial charge in [0.15, 0.2) is 0 Å². The fraction of sp³-hybridized carbons (Fsp3) is 0.611. The zero-order valence-electron chi connectivity index (χ0n) is 13.5. The zero-order chi connectivity index (χ0) is 15.2. The molecule has 2 rings (SSSR count). The molecule has 0 aliphatic carbocycles. The van der Waals surface area contributed by atoms with Gasteiger partial charge < -0.3 is 10.6 Å². The van der Waals surface area contributed by atoms with E-state index in [9.17, 15) is 4.79 Å². The van der Waals surface area contributed by atoms with E-state index in [0.29, 0.717) is 18.4 Å². The number of nitrogens with one attached hydrogen (secondary N) is 2. The van der Waals surface area contributed by atoms with Crippen molar-refractivity contribution in [2.45, 2.75) is 58.5 Å². The Morgan fingerprint density at radius 2 is 2.00 bits per heavy atom. The lowest BCUT2D eigenvalue weighted by Crippen LogP contribution is -2.33. The molecule has 0 aromatic heterocycles. The van der Waals surface area contributed by atoms with E-state index in [1.54, 1.807) is 0 Å². The predicted octanol–water partition coefficient (Wildman–Crippen LogP) is 3.20. The molecule has 21 heavy (non-hydrogen) atoms. The highest BCUT2D eigenvalue weighted by Crippen LogP contribution is 2.16. The number of hydrogen-bond donors (Lipinski definition) is 2. The summed E-state index contributed by atoms with van der Waals surface area (Å²) in [5, 5.41) is 6.47. The van der Waals surface area contributed by atoms with Gasteiger partial charge in [-0.05, 0) is 49.8 Å². The van der Waals surface area contributed by atoms with Gasteiger partial charge in [0, 0.05) is 12.5 Å². The lowest BCUT2D eigenvalue weighted by Gasteiger charge is -2.17. The van der Waals surface area contributed by atoms with Crippen LogP contribution in [0, 0.1) is 5.92 Å². The Kier molecular flexibility index (Phi) is 5.80. The quantitative estimate of drug-likeness (QED) is 0.844. The van der Waals surface area contributed by atoms with Gasteiger partial charge in [0.25, 0.3) is 0 Å². The highest BCUT2D eigenvalue weighted by Gasteiger charge is 2.18. The Morgan fingerprint density at radius 3 is 2.57 bits per heavy atom. The summed E-state index contributed by atoms with van der Waals surface area (Å²) in [5.41, 5.74) is 2.54. The average Bonchev–Trinajstić information content (AvgIpc) is 2.91. The summed E-state index contributed by atoms with van der Waals surface area (Å²) in [7, 11) is 0. The van der Waals surface area contributed by atoms with Crippen molar-refractivity contribution in [2.24, 2.45) is 5.92 Å². The molecule has 1 saturated heterocycles. The number of benzene rings is 1. The van der Waals surface area contributed by atoms with Crippen LogP contribution in [0.15, 0.2) is 24.3 Å². The molecule has 1 fully saturated rings. The van der Waals surface area contributed by atoms with Crippen LogP contribution in [0.4, 0.5) is 0 Å².